The van der Waals surface area contributed by atoms with E-state index in [0.29, 0.717) is 11.5 Å². The van der Waals surface area contributed by atoms with Crippen molar-refractivity contribution in [3.05, 3.63) is 60.7 Å². The van der Waals surface area contributed by atoms with E-state index in [0.717, 1.165) is 0 Å². The smallest absolute Gasteiger partial charge is 0.423 e. The van der Waals surface area contributed by atoms with Crippen molar-refractivity contribution in [2.45, 2.75) is 12.9 Å². The highest BCUT2D eigenvalue weighted by Crippen LogP contribution is 2.24. The molecule has 0 saturated heterocycles. The third kappa shape index (κ3) is 4.24. The van der Waals surface area contributed by atoms with Crippen molar-refractivity contribution in [3.8, 4) is 11.5 Å². The maximum absolute atomic E-state index is 11.4. The van der Waals surface area contributed by atoms with Crippen molar-refractivity contribution in [3.63, 3.8) is 0 Å². The first-order valence-corrected chi connectivity index (χ1v) is 6.43. The van der Waals surface area contributed by atoms with Gasteiger partial charge in [-0.15, -0.1) is 0 Å². The zero-order valence-electron chi connectivity index (χ0n) is 11.8. The first kappa shape index (κ1) is 15.4. The molecule has 0 aromatic heterocycles. The molecule has 0 radical (unpaired) electrons. The number of carbonyl (C=O) groups excluding carboxylic acids is 1. The molecule has 2 aromatic carbocycles. The van der Waals surface area contributed by atoms with Gasteiger partial charge in [-0.1, -0.05) is 36.4 Å². The molecule has 0 aliphatic carbocycles. The lowest BCUT2D eigenvalue weighted by atomic mass is 10.3. The molecule has 0 spiro atoms. The average Bonchev–Trinajstić information content (AvgIpc) is 2.48. The fourth-order valence-corrected chi connectivity index (χ4v) is 1.68. The van der Waals surface area contributed by atoms with Gasteiger partial charge in [0.15, 0.2) is 0 Å². The van der Waals surface area contributed by atoms with Crippen LogP contribution in [0.5, 0.6) is 11.5 Å². The fraction of sp³-hybridized carbons (Fsp3) is 0.125. The summed E-state index contributed by atoms with van der Waals surface area (Å²) in [6.07, 6.45) is 0. The van der Waals surface area contributed by atoms with Gasteiger partial charge in [-0.3, -0.25) is 0 Å². The summed E-state index contributed by atoms with van der Waals surface area (Å²) < 4.78 is 15.8. The van der Waals surface area contributed by atoms with Crippen molar-refractivity contribution >= 4 is 11.9 Å². The van der Waals surface area contributed by atoms with E-state index in [2.05, 4.69) is 0 Å². The van der Waals surface area contributed by atoms with Crippen molar-refractivity contribution in [1.29, 1.82) is 0 Å². The van der Waals surface area contributed by atoms with E-state index >= 15 is 0 Å². The number of para-hydroxylation sites is 2. The summed E-state index contributed by atoms with van der Waals surface area (Å²) in [4.78, 5) is 22.1. The van der Waals surface area contributed by atoms with Crippen LogP contribution in [-0.4, -0.2) is 23.0 Å². The fourth-order valence-electron chi connectivity index (χ4n) is 1.68. The number of aliphatic carboxylic acids is 1. The number of hydrogen-bond acceptors (Lipinski definition) is 5. The molecule has 2 aromatic rings. The second kappa shape index (κ2) is 6.62. The Morgan fingerprint density at radius 1 is 0.864 bits per heavy atom. The van der Waals surface area contributed by atoms with Crippen LogP contribution in [0.2, 0.25) is 0 Å². The van der Waals surface area contributed by atoms with Crippen molar-refractivity contribution in [2.24, 2.45) is 0 Å². The molecule has 2 rings (SSSR count). The summed E-state index contributed by atoms with van der Waals surface area (Å²) in [6, 6.07) is 16.9. The molecular formula is C16H14O6. The minimum absolute atomic E-state index is 0.360. The molecule has 0 aliphatic heterocycles. The van der Waals surface area contributed by atoms with E-state index in [4.69, 9.17) is 19.3 Å². The normalized spacial score (nSPS) is 10.6. The monoisotopic (exact) mass is 302 g/mol. The van der Waals surface area contributed by atoms with Gasteiger partial charge < -0.3 is 19.3 Å². The molecule has 0 atom stereocenters. The van der Waals surface area contributed by atoms with E-state index in [1.54, 1.807) is 60.7 Å². The standard InChI is InChI=1S/C16H14O6/c1-16(22-15(19)14(17)18,20-12-8-4-2-5-9-12)21-13-10-6-3-7-11-13/h2-11H,1H3,(H,17,18). The van der Waals surface area contributed by atoms with Gasteiger partial charge in [0.1, 0.15) is 11.5 Å². The highest BCUT2D eigenvalue weighted by atomic mass is 16.9. The number of carbonyl (C=O) groups is 2. The second-order valence-electron chi connectivity index (χ2n) is 4.39. The van der Waals surface area contributed by atoms with E-state index in [1.807, 2.05) is 0 Å². The molecule has 0 fully saturated rings. The Kier molecular flexibility index (Phi) is 4.63. The molecule has 114 valence electrons. The molecule has 6 heteroatoms. The van der Waals surface area contributed by atoms with Crippen molar-refractivity contribution in [1.82, 2.24) is 0 Å². The lowest BCUT2D eigenvalue weighted by Gasteiger charge is -2.29. The van der Waals surface area contributed by atoms with E-state index in [9.17, 15) is 9.59 Å². The van der Waals surface area contributed by atoms with Crippen LogP contribution in [0.3, 0.4) is 0 Å². The number of ether oxygens (including phenoxy) is 3. The largest absolute Gasteiger partial charge is 0.473 e. The predicted octanol–water partition coefficient (Wildman–Crippen LogP) is 2.45. The molecule has 22 heavy (non-hydrogen) atoms. The van der Waals surface area contributed by atoms with Crippen LogP contribution in [0.1, 0.15) is 6.92 Å². The minimum atomic E-state index is -1.92. The van der Waals surface area contributed by atoms with E-state index in [-0.39, 0.29) is 0 Å². The van der Waals surface area contributed by atoms with Crippen LogP contribution in [-0.2, 0) is 14.3 Å². The Morgan fingerprint density at radius 3 is 1.64 bits per heavy atom. The number of rotatable bonds is 5. The summed E-state index contributed by atoms with van der Waals surface area (Å²) in [5.41, 5.74) is 0. The van der Waals surface area contributed by atoms with Crippen LogP contribution < -0.4 is 9.47 Å². The molecule has 0 unspecified atom stereocenters. The highest BCUT2D eigenvalue weighted by Gasteiger charge is 2.36. The first-order valence-electron chi connectivity index (χ1n) is 6.43. The maximum Gasteiger partial charge on any atom is 0.423 e. The lowest BCUT2D eigenvalue weighted by molar-refractivity contribution is -0.274. The predicted molar refractivity (Wildman–Crippen MR) is 76.3 cm³/mol. The second-order valence-corrected chi connectivity index (χ2v) is 4.39. The Labute approximate surface area is 126 Å². The molecule has 0 amide bonds. The molecular weight excluding hydrogens is 288 g/mol. The van der Waals surface area contributed by atoms with Crippen LogP contribution in [0.25, 0.3) is 0 Å². The lowest BCUT2D eigenvalue weighted by Crippen LogP contribution is -2.45. The number of hydrogen-bond donors (Lipinski definition) is 1. The van der Waals surface area contributed by atoms with Gasteiger partial charge in [-0.05, 0) is 24.3 Å². The summed E-state index contributed by atoms with van der Waals surface area (Å²) >= 11 is 0. The number of carboxylic acids is 1. The number of benzene rings is 2. The Balaban J connectivity index is 2.23. The third-order valence-electron chi connectivity index (χ3n) is 2.55. The number of esters is 1. The zero-order valence-corrected chi connectivity index (χ0v) is 11.8. The summed E-state index contributed by atoms with van der Waals surface area (Å²) in [5.74, 6) is -4.41. The molecule has 0 aliphatic rings. The maximum atomic E-state index is 11.4. The molecule has 0 bridgehead atoms. The molecule has 0 saturated carbocycles. The van der Waals surface area contributed by atoms with Gasteiger partial charge in [0.2, 0.25) is 0 Å². The molecule has 1 N–H and O–H groups in total. The quantitative estimate of drug-likeness (QED) is 0.519. The Hall–Kier alpha value is -3.02. The van der Waals surface area contributed by atoms with Gasteiger partial charge in [0, 0.05) is 0 Å². The van der Waals surface area contributed by atoms with Crippen LogP contribution in [0, 0.1) is 0 Å². The van der Waals surface area contributed by atoms with Gasteiger partial charge in [-0.2, -0.15) is 0 Å². The van der Waals surface area contributed by atoms with E-state index in [1.165, 1.54) is 6.92 Å². The van der Waals surface area contributed by atoms with Gasteiger partial charge in [0.05, 0.1) is 6.92 Å². The van der Waals surface area contributed by atoms with E-state index < -0.39 is 17.9 Å². The minimum Gasteiger partial charge on any atom is -0.473 e. The van der Waals surface area contributed by atoms with Gasteiger partial charge >= 0.3 is 17.9 Å². The molecule has 6 nitrogen and oxygen atoms in total. The van der Waals surface area contributed by atoms with Crippen molar-refractivity contribution in [2.75, 3.05) is 0 Å². The Morgan fingerprint density at radius 2 is 1.27 bits per heavy atom. The van der Waals surface area contributed by atoms with Crippen LogP contribution in [0.4, 0.5) is 0 Å². The summed E-state index contributed by atoms with van der Waals surface area (Å²) in [5, 5.41) is 8.69. The highest BCUT2D eigenvalue weighted by molar-refractivity contribution is 6.28. The van der Waals surface area contributed by atoms with Crippen LogP contribution >= 0.6 is 0 Å². The Bertz CT molecular complexity index is 597. The first-order chi connectivity index (χ1) is 10.5. The van der Waals surface area contributed by atoms with Gasteiger partial charge in [-0.25, -0.2) is 9.59 Å². The SMILES string of the molecule is CC(OC(=O)C(=O)O)(Oc1ccccc1)Oc1ccccc1. The topological polar surface area (TPSA) is 82.1 Å². The van der Waals surface area contributed by atoms with Crippen LogP contribution in [0.15, 0.2) is 60.7 Å². The summed E-state index contributed by atoms with van der Waals surface area (Å²) in [6.45, 7) is 1.31. The molecule has 0 heterocycles. The average molecular weight is 302 g/mol. The third-order valence-corrected chi connectivity index (χ3v) is 2.55. The van der Waals surface area contributed by atoms with Gasteiger partial charge in [0.25, 0.3) is 0 Å². The summed E-state index contributed by atoms with van der Waals surface area (Å²) in [7, 11) is 0. The zero-order chi connectivity index (χ0) is 16.0. The number of carboxylic acid groups (broad SMARTS) is 1. The van der Waals surface area contributed by atoms with Crippen molar-refractivity contribution < 1.29 is 28.9 Å².